The summed E-state index contributed by atoms with van der Waals surface area (Å²) in [6.45, 7) is 13.7. The lowest BCUT2D eigenvalue weighted by Gasteiger charge is -2.32. The third-order valence-electron chi connectivity index (χ3n) is 4.98. The van der Waals surface area contributed by atoms with Crippen molar-refractivity contribution in [1.82, 2.24) is 9.80 Å². The molecule has 0 aromatic carbocycles. The number of piperidine rings is 2. The summed E-state index contributed by atoms with van der Waals surface area (Å²) in [5.41, 5.74) is -0.885. The number of alkyl halides is 1. The highest BCUT2D eigenvalue weighted by atomic mass is 79.9. The van der Waals surface area contributed by atoms with E-state index in [1.54, 1.807) is 4.90 Å². The van der Waals surface area contributed by atoms with E-state index in [1.165, 1.54) is 0 Å². The van der Waals surface area contributed by atoms with Crippen LogP contribution in [0.2, 0.25) is 0 Å². The van der Waals surface area contributed by atoms with Crippen molar-refractivity contribution in [3.8, 4) is 0 Å². The molecule has 0 spiro atoms. The molecule has 8 nitrogen and oxygen atoms in total. The Labute approximate surface area is 194 Å². The maximum Gasteiger partial charge on any atom is 0.410 e. The highest BCUT2D eigenvalue weighted by molar-refractivity contribution is 9.09. The van der Waals surface area contributed by atoms with E-state index in [1.807, 2.05) is 46.4 Å². The first-order chi connectivity index (χ1) is 14.2. The van der Waals surface area contributed by atoms with Crippen LogP contribution in [0.3, 0.4) is 0 Å². The van der Waals surface area contributed by atoms with Crippen molar-refractivity contribution in [2.75, 3.05) is 31.5 Å². The summed E-state index contributed by atoms with van der Waals surface area (Å²) in [5, 5.41) is 9.85. The van der Waals surface area contributed by atoms with Crippen LogP contribution < -0.4 is 0 Å². The highest BCUT2D eigenvalue weighted by Crippen LogP contribution is 2.21. The van der Waals surface area contributed by atoms with Gasteiger partial charge in [0.2, 0.25) is 0 Å². The van der Waals surface area contributed by atoms with E-state index in [0.29, 0.717) is 31.8 Å². The molecule has 0 radical (unpaired) electrons. The summed E-state index contributed by atoms with van der Waals surface area (Å²) in [6, 6.07) is 0. The van der Waals surface area contributed by atoms with Gasteiger partial charge in [-0.3, -0.25) is 4.79 Å². The number of halogens is 1. The van der Waals surface area contributed by atoms with Crippen molar-refractivity contribution in [3.05, 3.63) is 0 Å². The predicted octanol–water partition coefficient (Wildman–Crippen LogP) is 4.75. The Kier molecular flexibility index (Phi) is 10.6. The average molecular weight is 507 g/mol. The number of carboxylic acids is 1. The van der Waals surface area contributed by atoms with Gasteiger partial charge in [0.25, 0.3) is 0 Å². The molecule has 0 saturated carbocycles. The summed E-state index contributed by atoms with van der Waals surface area (Å²) in [5.74, 6) is -0.383. The molecular formula is C22H39BrN2O6. The Morgan fingerprint density at radius 1 is 0.806 bits per heavy atom. The number of carbonyl (C=O) groups excluding carboxylic acids is 2. The van der Waals surface area contributed by atoms with Crippen LogP contribution in [0, 0.1) is 11.8 Å². The monoisotopic (exact) mass is 506 g/mol. The third kappa shape index (κ3) is 11.1. The number of amides is 2. The molecule has 0 aliphatic carbocycles. The van der Waals surface area contributed by atoms with Gasteiger partial charge in [0.1, 0.15) is 11.2 Å². The second-order valence-electron chi connectivity index (χ2n) is 10.1. The van der Waals surface area contributed by atoms with Crippen molar-refractivity contribution >= 4 is 34.1 Å². The SMILES string of the molecule is CC(C)(C)OC(=O)N1CCC(C(=O)O)CC1.CC(C)(C)OC(=O)N1CCC(CBr)CC1. The topological polar surface area (TPSA) is 96.4 Å². The number of ether oxygens (including phenoxy) is 2. The van der Waals surface area contributed by atoms with E-state index in [2.05, 4.69) is 15.9 Å². The Hall–Kier alpha value is -1.51. The highest BCUT2D eigenvalue weighted by Gasteiger charge is 2.29. The van der Waals surface area contributed by atoms with Crippen LogP contribution >= 0.6 is 15.9 Å². The van der Waals surface area contributed by atoms with Crippen LogP contribution in [-0.2, 0) is 14.3 Å². The summed E-state index contributed by atoms with van der Waals surface area (Å²) in [4.78, 5) is 37.5. The molecule has 9 heteroatoms. The van der Waals surface area contributed by atoms with Crippen molar-refractivity contribution in [1.29, 1.82) is 0 Å². The van der Waals surface area contributed by atoms with Crippen LogP contribution in [0.15, 0.2) is 0 Å². The molecule has 2 saturated heterocycles. The van der Waals surface area contributed by atoms with Crippen molar-refractivity contribution in [2.45, 2.75) is 78.4 Å². The number of likely N-dealkylation sites (tertiary alicyclic amines) is 2. The summed E-state index contributed by atoms with van der Waals surface area (Å²) in [6.07, 6.45) is 2.64. The first-order valence-electron chi connectivity index (χ1n) is 11.0. The Balaban J connectivity index is 0.000000311. The summed E-state index contributed by atoms with van der Waals surface area (Å²) < 4.78 is 10.5. The lowest BCUT2D eigenvalue weighted by Crippen LogP contribution is -2.42. The fraction of sp³-hybridized carbons (Fsp3) is 0.864. The van der Waals surface area contributed by atoms with Crippen molar-refractivity contribution in [3.63, 3.8) is 0 Å². The van der Waals surface area contributed by atoms with Gasteiger partial charge in [-0.1, -0.05) is 15.9 Å². The van der Waals surface area contributed by atoms with E-state index in [-0.39, 0.29) is 23.7 Å². The molecule has 0 bridgehead atoms. The molecule has 31 heavy (non-hydrogen) atoms. The minimum Gasteiger partial charge on any atom is -0.481 e. The fourth-order valence-electron chi connectivity index (χ4n) is 3.23. The van der Waals surface area contributed by atoms with Gasteiger partial charge in [0, 0.05) is 31.5 Å². The zero-order valence-electron chi connectivity index (χ0n) is 19.8. The Morgan fingerprint density at radius 2 is 1.16 bits per heavy atom. The fourth-order valence-corrected chi connectivity index (χ4v) is 3.88. The van der Waals surface area contributed by atoms with Gasteiger partial charge in [-0.25, -0.2) is 9.59 Å². The van der Waals surface area contributed by atoms with Crippen LogP contribution in [-0.4, -0.2) is 75.8 Å². The minimum absolute atomic E-state index is 0.171. The van der Waals surface area contributed by atoms with E-state index in [4.69, 9.17) is 14.6 Å². The van der Waals surface area contributed by atoms with Gasteiger partial charge >= 0.3 is 18.2 Å². The predicted molar refractivity (Wildman–Crippen MR) is 122 cm³/mol. The van der Waals surface area contributed by atoms with Crippen molar-refractivity contribution < 1.29 is 29.0 Å². The smallest absolute Gasteiger partial charge is 0.410 e. The molecule has 0 aromatic rings. The number of carbonyl (C=O) groups is 3. The molecule has 2 fully saturated rings. The van der Waals surface area contributed by atoms with Crippen LogP contribution in [0.25, 0.3) is 0 Å². The van der Waals surface area contributed by atoms with Crippen LogP contribution in [0.1, 0.15) is 67.2 Å². The molecule has 0 aromatic heterocycles. The van der Waals surface area contributed by atoms with Crippen LogP contribution in [0.4, 0.5) is 9.59 Å². The normalized spacial score (nSPS) is 18.7. The van der Waals surface area contributed by atoms with E-state index in [0.717, 1.165) is 31.3 Å². The molecule has 2 aliphatic heterocycles. The van der Waals surface area contributed by atoms with Gasteiger partial charge < -0.3 is 24.4 Å². The number of hydrogen-bond donors (Lipinski definition) is 1. The van der Waals surface area contributed by atoms with E-state index >= 15 is 0 Å². The molecular weight excluding hydrogens is 468 g/mol. The summed E-state index contributed by atoms with van der Waals surface area (Å²) in [7, 11) is 0. The number of hydrogen-bond acceptors (Lipinski definition) is 5. The zero-order chi connectivity index (χ0) is 23.8. The van der Waals surface area contributed by atoms with Gasteiger partial charge in [-0.2, -0.15) is 0 Å². The third-order valence-corrected chi connectivity index (χ3v) is 5.90. The number of rotatable bonds is 2. The standard InChI is InChI=1S/C11H20BrNO2.C11H19NO4/c1-11(2,3)15-10(14)13-6-4-9(8-12)5-7-13;1-11(2,3)16-10(15)12-6-4-8(5-7-12)9(13)14/h9H,4-8H2,1-3H3;8H,4-7H2,1-3H3,(H,13,14). The molecule has 2 heterocycles. The van der Waals surface area contributed by atoms with Crippen LogP contribution in [0.5, 0.6) is 0 Å². The van der Waals surface area contributed by atoms with Gasteiger partial charge in [-0.15, -0.1) is 0 Å². The number of nitrogens with zero attached hydrogens (tertiary/aromatic N) is 2. The lowest BCUT2D eigenvalue weighted by molar-refractivity contribution is -0.143. The summed E-state index contributed by atoms with van der Waals surface area (Å²) >= 11 is 3.48. The minimum atomic E-state index is -0.774. The van der Waals surface area contributed by atoms with E-state index < -0.39 is 11.6 Å². The number of aliphatic carboxylic acids is 1. The first kappa shape index (κ1) is 27.5. The first-order valence-corrected chi connectivity index (χ1v) is 12.1. The Morgan fingerprint density at radius 3 is 1.45 bits per heavy atom. The average Bonchev–Trinajstić information content (AvgIpc) is 2.66. The van der Waals surface area contributed by atoms with Gasteiger partial charge in [0.15, 0.2) is 0 Å². The maximum absolute atomic E-state index is 11.7. The number of carboxylic acid groups (broad SMARTS) is 1. The molecule has 2 amide bonds. The van der Waals surface area contributed by atoms with Gasteiger partial charge in [-0.05, 0) is 73.1 Å². The maximum atomic E-state index is 11.7. The molecule has 2 aliphatic rings. The molecule has 180 valence electrons. The lowest BCUT2D eigenvalue weighted by atomic mass is 9.97. The second kappa shape index (κ2) is 11.9. The largest absolute Gasteiger partial charge is 0.481 e. The zero-order valence-corrected chi connectivity index (χ0v) is 21.4. The van der Waals surface area contributed by atoms with E-state index in [9.17, 15) is 14.4 Å². The molecule has 0 atom stereocenters. The second-order valence-corrected chi connectivity index (χ2v) is 10.8. The Bertz CT molecular complexity index is 598. The molecule has 1 N–H and O–H groups in total. The van der Waals surface area contributed by atoms with Gasteiger partial charge in [0.05, 0.1) is 5.92 Å². The van der Waals surface area contributed by atoms with Crippen molar-refractivity contribution in [2.24, 2.45) is 11.8 Å². The molecule has 2 rings (SSSR count). The molecule has 0 unspecified atom stereocenters. The quantitative estimate of drug-likeness (QED) is 0.542.